The van der Waals surface area contributed by atoms with Crippen LogP contribution in [0.3, 0.4) is 0 Å². The maximum atomic E-state index is 5.52. The van der Waals surface area contributed by atoms with Crippen molar-refractivity contribution in [1.29, 1.82) is 0 Å². The number of ether oxygens (including phenoxy) is 1. The van der Waals surface area contributed by atoms with Crippen molar-refractivity contribution in [1.82, 2.24) is 15.0 Å². The minimum absolute atomic E-state index is 0.406. The summed E-state index contributed by atoms with van der Waals surface area (Å²) in [6.45, 7) is 9.19. The van der Waals surface area contributed by atoms with Gasteiger partial charge in [-0.15, -0.1) is 0 Å². The van der Waals surface area contributed by atoms with Gasteiger partial charge in [0.1, 0.15) is 0 Å². The molecule has 0 saturated carbocycles. The molecular formula is C13H23N5O. The van der Waals surface area contributed by atoms with Crippen molar-refractivity contribution in [2.45, 2.75) is 27.2 Å². The molecule has 19 heavy (non-hydrogen) atoms. The Labute approximate surface area is 114 Å². The zero-order valence-electron chi connectivity index (χ0n) is 12.2. The number of rotatable bonds is 5. The van der Waals surface area contributed by atoms with Crippen molar-refractivity contribution in [3.63, 3.8) is 0 Å². The summed E-state index contributed by atoms with van der Waals surface area (Å²) >= 11 is 0. The van der Waals surface area contributed by atoms with Crippen LogP contribution in [0.2, 0.25) is 0 Å². The molecule has 6 nitrogen and oxygen atoms in total. The average molecular weight is 265 g/mol. The van der Waals surface area contributed by atoms with E-state index in [9.17, 15) is 0 Å². The van der Waals surface area contributed by atoms with Crippen LogP contribution in [0.25, 0.3) is 0 Å². The van der Waals surface area contributed by atoms with Gasteiger partial charge in [0.25, 0.3) is 0 Å². The number of anilines is 2. The lowest BCUT2D eigenvalue weighted by atomic mass is 10.0. The summed E-state index contributed by atoms with van der Waals surface area (Å²) < 4.78 is 5.52. The number of nitrogens with zero attached hydrogens (tertiary/aromatic N) is 4. The van der Waals surface area contributed by atoms with E-state index in [1.807, 2.05) is 0 Å². The molecular weight excluding hydrogens is 242 g/mol. The zero-order chi connectivity index (χ0) is 13.8. The maximum absolute atomic E-state index is 5.52. The summed E-state index contributed by atoms with van der Waals surface area (Å²) in [6, 6.07) is 0.406. The molecule has 1 saturated heterocycles. The molecule has 2 heterocycles. The van der Waals surface area contributed by atoms with Crippen LogP contribution in [0.15, 0.2) is 0 Å². The van der Waals surface area contributed by atoms with Crippen LogP contribution < -0.4 is 15.0 Å². The van der Waals surface area contributed by atoms with Crippen LogP contribution in [-0.4, -0.2) is 41.7 Å². The zero-order valence-corrected chi connectivity index (χ0v) is 12.2. The van der Waals surface area contributed by atoms with Gasteiger partial charge < -0.3 is 15.0 Å². The molecule has 0 amide bonds. The van der Waals surface area contributed by atoms with Crippen molar-refractivity contribution in [2.75, 3.05) is 37.0 Å². The summed E-state index contributed by atoms with van der Waals surface area (Å²) in [6.07, 6.45) is 0.938. The molecule has 1 aliphatic heterocycles. The lowest BCUT2D eigenvalue weighted by molar-refractivity contribution is 0.292. The Bertz CT molecular complexity index is 415. The largest absolute Gasteiger partial charge is 0.463 e. The number of aromatic nitrogens is 3. The third-order valence-corrected chi connectivity index (χ3v) is 3.53. The van der Waals surface area contributed by atoms with E-state index in [1.54, 1.807) is 7.05 Å². The second-order valence-corrected chi connectivity index (χ2v) is 5.20. The molecule has 0 spiro atoms. The second-order valence-electron chi connectivity index (χ2n) is 5.20. The Kier molecular flexibility index (Phi) is 4.39. The standard InChI is InChI=1S/C13H23N5O/c1-5-6-19-13-16-11(14-4)15-12(17-13)18-7-9(2)10(3)8-18/h9-10H,5-8H2,1-4H3,(H,14,15,16,17). The average Bonchev–Trinajstić information content (AvgIpc) is 2.76. The van der Waals surface area contributed by atoms with Gasteiger partial charge >= 0.3 is 6.01 Å². The van der Waals surface area contributed by atoms with Crippen LogP contribution in [0, 0.1) is 11.8 Å². The van der Waals surface area contributed by atoms with E-state index in [-0.39, 0.29) is 0 Å². The number of hydrogen-bond acceptors (Lipinski definition) is 6. The Balaban J connectivity index is 2.19. The molecule has 106 valence electrons. The predicted molar refractivity (Wildman–Crippen MR) is 75.7 cm³/mol. The molecule has 2 unspecified atom stereocenters. The first kappa shape index (κ1) is 13.8. The van der Waals surface area contributed by atoms with Gasteiger partial charge in [0.05, 0.1) is 6.61 Å². The summed E-state index contributed by atoms with van der Waals surface area (Å²) in [4.78, 5) is 15.3. The van der Waals surface area contributed by atoms with Gasteiger partial charge in [0.15, 0.2) is 0 Å². The molecule has 1 aromatic rings. The van der Waals surface area contributed by atoms with Crippen molar-refractivity contribution in [3.05, 3.63) is 0 Å². The van der Waals surface area contributed by atoms with Crippen LogP contribution >= 0.6 is 0 Å². The van der Waals surface area contributed by atoms with Gasteiger partial charge in [-0.25, -0.2) is 0 Å². The van der Waals surface area contributed by atoms with Gasteiger partial charge in [-0.3, -0.25) is 0 Å². The second kappa shape index (κ2) is 6.04. The van der Waals surface area contributed by atoms with Crippen molar-refractivity contribution >= 4 is 11.9 Å². The summed E-state index contributed by atoms with van der Waals surface area (Å²) in [5, 5.41) is 2.96. The van der Waals surface area contributed by atoms with E-state index in [1.165, 1.54) is 0 Å². The highest BCUT2D eigenvalue weighted by Crippen LogP contribution is 2.26. The van der Waals surface area contributed by atoms with E-state index >= 15 is 0 Å². The van der Waals surface area contributed by atoms with E-state index in [0.717, 1.165) is 19.5 Å². The smallest absolute Gasteiger partial charge is 0.323 e. The summed E-state index contributed by atoms with van der Waals surface area (Å²) in [5.74, 6) is 2.59. The van der Waals surface area contributed by atoms with E-state index in [4.69, 9.17) is 4.74 Å². The normalized spacial score (nSPS) is 22.6. The lowest BCUT2D eigenvalue weighted by Gasteiger charge is -2.17. The van der Waals surface area contributed by atoms with E-state index in [0.29, 0.717) is 36.3 Å². The topological polar surface area (TPSA) is 63.2 Å². The Morgan fingerprint density at radius 2 is 1.89 bits per heavy atom. The molecule has 1 aromatic heterocycles. The van der Waals surface area contributed by atoms with Gasteiger partial charge in [-0.05, 0) is 18.3 Å². The molecule has 2 atom stereocenters. The minimum atomic E-state index is 0.406. The van der Waals surface area contributed by atoms with Crippen LogP contribution in [-0.2, 0) is 0 Å². The molecule has 2 rings (SSSR count). The predicted octanol–water partition coefficient (Wildman–Crippen LogP) is 1.79. The van der Waals surface area contributed by atoms with Gasteiger partial charge in [-0.2, -0.15) is 15.0 Å². The van der Waals surface area contributed by atoms with Gasteiger partial charge in [-0.1, -0.05) is 20.8 Å². The Morgan fingerprint density at radius 1 is 1.21 bits per heavy atom. The molecule has 0 aromatic carbocycles. The fraction of sp³-hybridized carbons (Fsp3) is 0.769. The number of hydrogen-bond donors (Lipinski definition) is 1. The Hall–Kier alpha value is -1.59. The fourth-order valence-electron chi connectivity index (χ4n) is 2.15. The molecule has 1 N–H and O–H groups in total. The fourth-order valence-corrected chi connectivity index (χ4v) is 2.15. The summed E-state index contributed by atoms with van der Waals surface area (Å²) in [7, 11) is 1.80. The first-order chi connectivity index (χ1) is 9.13. The minimum Gasteiger partial charge on any atom is -0.463 e. The van der Waals surface area contributed by atoms with Crippen LogP contribution in [0.5, 0.6) is 6.01 Å². The molecule has 1 fully saturated rings. The quantitative estimate of drug-likeness (QED) is 0.875. The highest BCUT2D eigenvalue weighted by Gasteiger charge is 2.28. The van der Waals surface area contributed by atoms with Crippen LogP contribution in [0.4, 0.5) is 11.9 Å². The SMILES string of the molecule is CCCOc1nc(NC)nc(N2CC(C)C(C)C2)n1. The first-order valence-electron chi connectivity index (χ1n) is 6.95. The summed E-state index contributed by atoms with van der Waals surface area (Å²) in [5.41, 5.74) is 0. The van der Waals surface area contributed by atoms with E-state index in [2.05, 4.69) is 45.9 Å². The lowest BCUT2D eigenvalue weighted by Crippen LogP contribution is -2.23. The molecule has 0 bridgehead atoms. The van der Waals surface area contributed by atoms with Crippen molar-refractivity contribution in [3.8, 4) is 6.01 Å². The maximum Gasteiger partial charge on any atom is 0.323 e. The molecule has 6 heteroatoms. The van der Waals surface area contributed by atoms with Gasteiger partial charge in [0.2, 0.25) is 11.9 Å². The molecule has 0 radical (unpaired) electrons. The first-order valence-corrected chi connectivity index (χ1v) is 6.95. The monoisotopic (exact) mass is 265 g/mol. The third kappa shape index (κ3) is 3.24. The third-order valence-electron chi connectivity index (χ3n) is 3.53. The highest BCUT2D eigenvalue weighted by molar-refractivity contribution is 5.39. The molecule has 1 aliphatic rings. The van der Waals surface area contributed by atoms with Crippen molar-refractivity contribution < 1.29 is 4.74 Å². The van der Waals surface area contributed by atoms with E-state index < -0.39 is 0 Å². The van der Waals surface area contributed by atoms with Crippen LogP contribution in [0.1, 0.15) is 27.2 Å². The number of nitrogens with one attached hydrogen (secondary N) is 1. The Morgan fingerprint density at radius 3 is 2.47 bits per heavy atom. The highest BCUT2D eigenvalue weighted by atomic mass is 16.5. The van der Waals surface area contributed by atoms with Gasteiger partial charge in [0, 0.05) is 20.1 Å². The van der Waals surface area contributed by atoms with Crippen molar-refractivity contribution in [2.24, 2.45) is 11.8 Å². The molecule has 0 aliphatic carbocycles.